The van der Waals surface area contributed by atoms with Crippen LogP contribution in [0.1, 0.15) is 0 Å². The molecule has 94 valence electrons. The molecule has 0 amide bonds. The molecule has 2 aromatic rings. The van der Waals surface area contributed by atoms with E-state index in [0.717, 1.165) is 6.07 Å². The van der Waals surface area contributed by atoms with Gasteiger partial charge in [-0.15, -0.1) is 0 Å². The minimum Gasteiger partial charge on any atom is -0.302 e. The molecular formula is C12H7Cl2FO2S. The summed E-state index contributed by atoms with van der Waals surface area (Å²) in [6.45, 7) is 0. The minimum absolute atomic E-state index is 0.0978. The van der Waals surface area contributed by atoms with Gasteiger partial charge in [0.1, 0.15) is 5.82 Å². The van der Waals surface area contributed by atoms with Gasteiger partial charge in [0.25, 0.3) is 0 Å². The molecule has 0 aromatic heterocycles. The van der Waals surface area contributed by atoms with Crippen LogP contribution in [0.2, 0.25) is 10.0 Å². The SMILES string of the molecule is O=S(O)c1ccc(F)cc1-c1ccc(Cl)cc1Cl. The molecule has 0 saturated heterocycles. The van der Waals surface area contributed by atoms with E-state index in [0.29, 0.717) is 15.6 Å². The van der Waals surface area contributed by atoms with Gasteiger partial charge in [-0.05, 0) is 30.3 Å². The first-order chi connectivity index (χ1) is 8.49. The van der Waals surface area contributed by atoms with Gasteiger partial charge in [-0.2, -0.15) is 0 Å². The summed E-state index contributed by atoms with van der Waals surface area (Å²) in [5, 5.41) is 0.728. The molecule has 6 heteroatoms. The Morgan fingerprint density at radius 2 is 1.78 bits per heavy atom. The average Bonchev–Trinajstić information content (AvgIpc) is 2.28. The summed E-state index contributed by atoms with van der Waals surface area (Å²) in [6.07, 6.45) is 0. The third-order valence-corrected chi connectivity index (χ3v) is 3.63. The highest BCUT2D eigenvalue weighted by atomic mass is 35.5. The highest BCUT2D eigenvalue weighted by molar-refractivity contribution is 7.79. The smallest absolute Gasteiger partial charge is 0.187 e. The summed E-state index contributed by atoms with van der Waals surface area (Å²) in [6, 6.07) is 8.20. The molecule has 1 N–H and O–H groups in total. The van der Waals surface area contributed by atoms with Crippen molar-refractivity contribution < 1.29 is 13.2 Å². The van der Waals surface area contributed by atoms with Gasteiger partial charge in [0.05, 0.1) is 4.90 Å². The van der Waals surface area contributed by atoms with Gasteiger partial charge in [-0.3, -0.25) is 0 Å². The zero-order valence-corrected chi connectivity index (χ0v) is 11.2. The Kier molecular flexibility index (Phi) is 4.02. The predicted octanol–water partition coefficient (Wildman–Crippen LogP) is 4.38. The van der Waals surface area contributed by atoms with Gasteiger partial charge < -0.3 is 4.55 Å². The van der Waals surface area contributed by atoms with Gasteiger partial charge in [0.2, 0.25) is 0 Å². The second kappa shape index (κ2) is 5.36. The Bertz CT molecular complexity index is 631. The summed E-state index contributed by atoms with van der Waals surface area (Å²) < 4.78 is 33.6. The van der Waals surface area contributed by atoms with Gasteiger partial charge in [0, 0.05) is 21.2 Å². The van der Waals surface area contributed by atoms with E-state index < -0.39 is 16.9 Å². The molecule has 0 radical (unpaired) electrons. The molecule has 0 spiro atoms. The molecule has 0 saturated carbocycles. The van der Waals surface area contributed by atoms with E-state index in [-0.39, 0.29) is 10.5 Å². The van der Waals surface area contributed by atoms with Crippen LogP contribution in [0.4, 0.5) is 4.39 Å². The van der Waals surface area contributed by atoms with Crippen molar-refractivity contribution in [1.29, 1.82) is 0 Å². The molecule has 0 heterocycles. The molecule has 0 bridgehead atoms. The van der Waals surface area contributed by atoms with Crippen molar-refractivity contribution in [1.82, 2.24) is 0 Å². The van der Waals surface area contributed by atoms with Crippen molar-refractivity contribution in [3.05, 3.63) is 52.3 Å². The number of halogens is 3. The van der Waals surface area contributed by atoms with E-state index in [2.05, 4.69) is 0 Å². The molecule has 0 fully saturated rings. The van der Waals surface area contributed by atoms with Crippen LogP contribution >= 0.6 is 23.2 Å². The van der Waals surface area contributed by atoms with E-state index in [1.165, 1.54) is 18.2 Å². The maximum absolute atomic E-state index is 13.3. The molecular weight excluding hydrogens is 298 g/mol. The van der Waals surface area contributed by atoms with E-state index in [4.69, 9.17) is 23.2 Å². The fourth-order valence-corrected chi connectivity index (χ4v) is 2.62. The zero-order valence-electron chi connectivity index (χ0n) is 8.86. The molecule has 18 heavy (non-hydrogen) atoms. The topological polar surface area (TPSA) is 37.3 Å². The van der Waals surface area contributed by atoms with Crippen molar-refractivity contribution in [2.75, 3.05) is 0 Å². The van der Waals surface area contributed by atoms with E-state index in [1.54, 1.807) is 12.1 Å². The Morgan fingerprint density at radius 3 is 2.39 bits per heavy atom. The van der Waals surface area contributed by atoms with Crippen molar-refractivity contribution in [2.45, 2.75) is 4.90 Å². The maximum atomic E-state index is 13.3. The van der Waals surface area contributed by atoms with Crippen molar-refractivity contribution >= 4 is 34.3 Å². The van der Waals surface area contributed by atoms with E-state index in [9.17, 15) is 13.2 Å². The van der Waals surface area contributed by atoms with E-state index in [1.807, 2.05) is 0 Å². The molecule has 2 aromatic carbocycles. The molecule has 0 aliphatic carbocycles. The number of benzene rings is 2. The van der Waals surface area contributed by atoms with Crippen molar-refractivity contribution in [3.63, 3.8) is 0 Å². The summed E-state index contributed by atoms with van der Waals surface area (Å²) in [5.74, 6) is -0.509. The lowest BCUT2D eigenvalue weighted by Gasteiger charge is -2.09. The second-order valence-corrected chi connectivity index (χ2v) is 5.30. The minimum atomic E-state index is -2.22. The van der Waals surface area contributed by atoms with Gasteiger partial charge in [0.15, 0.2) is 11.1 Å². The van der Waals surface area contributed by atoms with Crippen LogP contribution in [0.15, 0.2) is 41.3 Å². The second-order valence-electron chi connectivity index (χ2n) is 3.51. The van der Waals surface area contributed by atoms with E-state index >= 15 is 0 Å². The Labute approximate surface area is 116 Å². The monoisotopic (exact) mass is 304 g/mol. The Balaban J connectivity index is 2.69. The summed E-state index contributed by atoms with van der Waals surface area (Å²) >= 11 is 9.55. The van der Waals surface area contributed by atoms with Crippen LogP contribution in [0.5, 0.6) is 0 Å². The molecule has 1 unspecified atom stereocenters. The molecule has 0 aliphatic heterocycles. The number of hydrogen-bond donors (Lipinski definition) is 1. The van der Waals surface area contributed by atoms with Crippen LogP contribution in [0.3, 0.4) is 0 Å². The zero-order chi connectivity index (χ0) is 13.3. The van der Waals surface area contributed by atoms with Crippen molar-refractivity contribution in [2.24, 2.45) is 0 Å². The summed E-state index contributed by atoms with van der Waals surface area (Å²) in [5.41, 5.74) is 0.732. The standard InChI is InChI=1S/C12H7Cl2FO2S/c13-7-1-3-9(11(14)5-7)10-6-8(15)2-4-12(10)18(16)17/h1-6H,(H,16,17). The normalized spacial score (nSPS) is 12.4. The van der Waals surface area contributed by atoms with Gasteiger partial charge >= 0.3 is 0 Å². The van der Waals surface area contributed by atoms with Crippen LogP contribution in [0.25, 0.3) is 11.1 Å². The highest BCUT2D eigenvalue weighted by Gasteiger charge is 2.14. The third kappa shape index (κ3) is 2.72. The first-order valence-electron chi connectivity index (χ1n) is 4.85. The number of rotatable bonds is 2. The fourth-order valence-electron chi connectivity index (χ4n) is 1.57. The summed E-state index contributed by atoms with van der Waals surface area (Å²) in [4.78, 5) is 0.0978. The molecule has 0 aliphatic rings. The first kappa shape index (κ1) is 13.5. The molecule has 2 rings (SSSR count). The van der Waals surface area contributed by atoms with Gasteiger partial charge in [-0.25, -0.2) is 8.60 Å². The Hall–Kier alpha value is -0.940. The highest BCUT2D eigenvalue weighted by Crippen LogP contribution is 2.34. The summed E-state index contributed by atoms with van der Waals surface area (Å²) in [7, 11) is 0. The van der Waals surface area contributed by atoms with Crippen LogP contribution in [0, 0.1) is 5.82 Å². The molecule has 2 nitrogen and oxygen atoms in total. The lowest BCUT2D eigenvalue weighted by molar-refractivity contribution is 0.564. The van der Waals surface area contributed by atoms with Crippen LogP contribution in [-0.4, -0.2) is 8.76 Å². The largest absolute Gasteiger partial charge is 0.302 e. The molecule has 1 atom stereocenters. The van der Waals surface area contributed by atoms with Gasteiger partial charge in [-0.1, -0.05) is 29.3 Å². The predicted molar refractivity (Wildman–Crippen MR) is 70.9 cm³/mol. The lowest BCUT2D eigenvalue weighted by Crippen LogP contribution is -1.94. The van der Waals surface area contributed by atoms with Crippen LogP contribution in [-0.2, 0) is 11.1 Å². The first-order valence-corrected chi connectivity index (χ1v) is 6.71. The fraction of sp³-hybridized carbons (Fsp3) is 0. The third-order valence-electron chi connectivity index (χ3n) is 2.35. The van der Waals surface area contributed by atoms with Crippen LogP contribution < -0.4 is 0 Å². The average molecular weight is 305 g/mol. The Morgan fingerprint density at radius 1 is 1.06 bits per heavy atom. The lowest BCUT2D eigenvalue weighted by atomic mass is 10.1. The maximum Gasteiger partial charge on any atom is 0.187 e. The number of hydrogen-bond acceptors (Lipinski definition) is 1. The quantitative estimate of drug-likeness (QED) is 0.836. The van der Waals surface area contributed by atoms with Crippen molar-refractivity contribution in [3.8, 4) is 11.1 Å².